The van der Waals surface area contributed by atoms with Crippen molar-refractivity contribution in [1.29, 1.82) is 0 Å². The first-order chi connectivity index (χ1) is 15.9. The number of ether oxygens (including phenoxy) is 1. The minimum atomic E-state index is -0.540. The van der Waals surface area contributed by atoms with Crippen molar-refractivity contribution < 1.29 is 13.9 Å². The fourth-order valence-corrected chi connectivity index (χ4v) is 4.05. The van der Waals surface area contributed by atoms with Crippen LogP contribution in [0.4, 0.5) is 10.1 Å². The number of aryl methyl sites for hydroxylation is 1. The van der Waals surface area contributed by atoms with E-state index in [9.17, 15) is 9.18 Å². The number of benzene rings is 3. The van der Waals surface area contributed by atoms with Crippen LogP contribution in [0.5, 0.6) is 5.75 Å². The molecule has 0 unspecified atom stereocenters. The molecule has 168 valence electrons. The van der Waals surface area contributed by atoms with Crippen LogP contribution in [0.2, 0.25) is 5.02 Å². The van der Waals surface area contributed by atoms with Gasteiger partial charge in [0, 0.05) is 16.9 Å². The van der Waals surface area contributed by atoms with Gasteiger partial charge in [0.15, 0.2) is 11.0 Å². The molecule has 0 spiro atoms. The van der Waals surface area contributed by atoms with Crippen molar-refractivity contribution in [2.24, 2.45) is 0 Å². The van der Waals surface area contributed by atoms with Crippen LogP contribution in [-0.2, 0) is 4.79 Å². The van der Waals surface area contributed by atoms with E-state index in [-0.39, 0.29) is 16.7 Å². The van der Waals surface area contributed by atoms with Crippen molar-refractivity contribution >= 4 is 35.0 Å². The highest BCUT2D eigenvalue weighted by atomic mass is 35.5. The Morgan fingerprint density at radius 1 is 1.09 bits per heavy atom. The molecule has 0 bridgehead atoms. The van der Waals surface area contributed by atoms with E-state index >= 15 is 0 Å². The number of aromatic nitrogens is 3. The van der Waals surface area contributed by atoms with Crippen molar-refractivity contribution in [3.8, 4) is 22.8 Å². The zero-order chi connectivity index (χ0) is 23.4. The highest BCUT2D eigenvalue weighted by molar-refractivity contribution is 7.99. The Bertz CT molecular complexity index is 1280. The normalized spacial score (nSPS) is 10.8. The number of methoxy groups -OCH3 is 1. The Balaban J connectivity index is 1.59. The zero-order valence-corrected chi connectivity index (χ0v) is 19.5. The molecule has 4 rings (SSSR count). The molecule has 0 atom stereocenters. The second-order valence-corrected chi connectivity index (χ2v) is 8.52. The predicted molar refractivity (Wildman–Crippen MR) is 129 cm³/mol. The first-order valence-electron chi connectivity index (χ1n) is 9.99. The second-order valence-electron chi connectivity index (χ2n) is 7.17. The average molecular weight is 483 g/mol. The van der Waals surface area contributed by atoms with E-state index in [4.69, 9.17) is 16.3 Å². The van der Waals surface area contributed by atoms with Crippen LogP contribution in [0.15, 0.2) is 71.9 Å². The van der Waals surface area contributed by atoms with Crippen LogP contribution in [0.25, 0.3) is 17.1 Å². The number of carbonyl (C=O) groups excluding carboxylic acids is 1. The largest absolute Gasteiger partial charge is 0.497 e. The fourth-order valence-electron chi connectivity index (χ4n) is 3.12. The summed E-state index contributed by atoms with van der Waals surface area (Å²) in [5.74, 6) is 0.664. The number of carbonyl (C=O) groups is 1. The van der Waals surface area contributed by atoms with Crippen LogP contribution in [0.1, 0.15) is 5.56 Å². The maximum Gasteiger partial charge on any atom is 0.234 e. The molecule has 1 heterocycles. The lowest BCUT2D eigenvalue weighted by molar-refractivity contribution is -0.113. The summed E-state index contributed by atoms with van der Waals surface area (Å²) in [5.41, 5.74) is 3.29. The van der Waals surface area contributed by atoms with E-state index in [2.05, 4.69) is 15.5 Å². The number of anilines is 1. The molecule has 1 N–H and O–H groups in total. The van der Waals surface area contributed by atoms with Crippen LogP contribution in [-0.4, -0.2) is 33.5 Å². The van der Waals surface area contributed by atoms with Crippen LogP contribution in [0, 0.1) is 12.7 Å². The third-order valence-corrected chi connectivity index (χ3v) is 6.03. The molecule has 0 aliphatic heterocycles. The van der Waals surface area contributed by atoms with Gasteiger partial charge in [0.05, 0.1) is 17.9 Å². The average Bonchev–Trinajstić information content (AvgIpc) is 3.24. The summed E-state index contributed by atoms with van der Waals surface area (Å²) < 4.78 is 20.5. The summed E-state index contributed by atoms with van der Waals surface area (Å²) in [5, 5.41) is 11.9. The second kappa shape index (κ2) is 10.1. The molecule has 4 aromatic rings. The third-order valence-electron chi connectivity index (χ3n) is 4.81. The smallest absolute Gasteiger partial charge is 0.234 e. The first kappa shape index (κ1) is 22.8. The Morgan fingerprint density at radius 3 is 2.48 bits per heavy atom. The summed E-state index contributed by atoms with van der Waals surface area (Å²) in [7, 11) is 1.61. The molecular formula is C24H20ClFN4O2S. The Hall–Kier alpha value is -3.36. The number of rotatable bonds is 7. The first-order valence-corrected chi connectivity index (χ1v) is 11.4. The Morgan fingerprint density at radius 2 is 1.82 bits per heavy atom. The maximum atomic E-state index is 13.3. The lowest BCUT2D eigenvalue weighted by Gasteiger charge is -2.11. The van der Waals surface area contributed by atoms with Gasteiger partial charge in [0.25, 0.3) is 0 Å². The summed E-state index contributed by atoms with van der Waals surface area (Å²) in [6.07, 6.45) is 0. The van der Waals surface area contributed by atoms with Gasteiger partial charge >= 0.3 is 0 Å². The Kier molecular flexibility index (Phi) is 6.96. The van der Waals surface area contributed by atoms with E-state index < -0.39 is 5.82 Å². The monoisotopic (exact) mass is 482 g/mol. The van der Waals surface area contributed by atoms with Crippen LogP contribution in [0.3, 0.4) is 0 Å². The van der Waals surface area contributed by atoms with Crippen molar-refractivity contribution in [1.82, 2.24) is 14.8 Å². The number of amides is 1. The molecule has 9 heteroatoms. The van der Waals surface area contributed by atoms with Gasteiger partial charge in [0.1, 0.15) is 11.6 Å². The summed E-state index contributed by atoms with van der Waals surface area (Å²) in [4.78, 5) is 12.5. The molecule has 0 fully saturated rings. The van der Waals surface area contributed by atoms with E-state index in [0.29, 0.717) is 16.7 Å². The molecule has 1 amide bonds. The molecular weight excluding hydrogens is 463 g/mol. The number of hydrogen-bond donors (Lipinski definition) is 1. The van der Waals surface area contributed by atoms with Crippen molar-refractivity contribution in [2.45, 2.75) is 12.1 Å². The molecule has 0 aliphatic rings. The minimum Gasteiger partial charge on any atom is -0.497 e. The Labute approximate surface area is 199 Å². The van der Waals surface area contributed by atoms with Gasteiger partial charge in [-0.1, -0.05) is 41.1 Å². The van der Waals surface area contributed by atoms with Crippen LogP contribution >= 0.6 is 23.4 Å². The summed E-state index contributed by atoms with van der Waals surface area (Å²) in [6, 6.07) is 19.6. The summed E-state index contributed by atoms with van der Waals surface area (Å²) >= 11 is 7.04. The van der Waals surface area contributed by atoms with E-state index in [0.717, 1.165) is 22.6 Å². The van der Waals surface area contributed by atoms with Crippen molar-refractivity contribution in [2.75, 3.05) is 18.2 Å². The number of nitrogens with zero attached hydrogens (tertiary/aromatic N) is 3. The van der Waals surface area contributed by atoms with Gasteiger partial charge in [-0.15, -0.1) is 10.2 Å². The highest BCUT2D eigenvalue weighted by Gasteiger charge is 2.18. The van der Waals surface area contributed by atoms with Gasteiger partial charge in [-0.25, -0.2) is 4.39 Å². The minimum absolute atomic E-state index is 0.0521. The van der Waals surface area contributed by atoms with Gasteiger partial charge in [-0.2, -0.15) is 0 Å². The standard InChI is InChI=1S/C24H20ClFN4O2S/c1-15-3-8-18(9-4-15)30-23(16-5-10-19(32-2)11-6-16)28-29-24(30)33-14-22(31)27-17-7-12-21(26)20(25)13-17/h3-13H,14H2,1-2H3,(H,27,31). The van der Waals surface area contributed by atoms with Gasteiger partial charge < -0.3 is 10.1 Å². The number of halogens is 2. The van der Waals surface area contributed by atoms with E-state index in [1.54, 1.807) is 7.11 Å². The molecule has 1 aromatic heterocycles. The highest BCUT2D eigenvalue weighted by Crippen LogP contribution is 2.29. The molecule has 0 aliphatic carbocycles. The van der Waals surface area contributed by atoms with Gasteiger partial charge in [0.2, 0.25) is 5.91 Å². The number of nitrogens with one attached hydrogen (secondary N) is 1. The van der Waals surface area contributed by atoms with E-state index in [1.807, 2.05) is 60.0 Å². The lowest BCUT2D eigenvalue weighted by Crippen LogP contribution is -2.14. The molecule has 0 saturated carbocycles. The zero-order valence-electron chi connectivity index (χ0n) is 17.9. The van der Waals surface area contributed by atoms with Gasteiger partial charge in [-0.3, -0.25) is 9.36 Å². The third kappa shape index (κ3) is 5.35. The fraction of sp³-hybridized carbons (Fsp3) is 0.125. The summed E-state index contributed by atoms with van der Waals surface area (Å²) in [6.45, 7) is 2.02. The molecule has 0 saturated heterocycles. The SMILES string of the molecule is COc1ccc(-c2nnc(SCC(=O)Nc3ccc(F)c(Cl)c3)n2-c2ccc(C)cc2)cc1. The molecule has 0 radical (unpaired) electrons. The molecule has 3 aromatic carbocycles. The number of hydrogen-bond acceptors (Lipinski definition) is 5. The molecule has 33 heavy (non-hydrogen) atoms. The number of thioether (sulfide) groups is 1. The van der Waals surface area contributed by atoms with E-state index in [1.165, 1.54) is 30.0 Å². The predicted octanol–water partition coefficient (Wildman–Crippen LogP) is 5.77. The lowest BCUT2D eigenvalue weighted by atomic mass is 10.2. The van der Waals surface area contributed by atoms with Crippen LogP contribution < -0.4 is 10.1 Å². The topological polar surface area (TPSA) is 69.0 Å². The molecule has 6 nitrogen and oxygen atoms in total. The van der Waals surface area contributed by atoms with Crippen molar-refractivity contribution in [3.63, 3.8) is 0 Å². The van der Waals surface area contributed by atoms with Gasteiger partial charge in [-0.05, 0) is 61.5 Å². The quantitative estimate of drug-likeness (QED) is 0.338. The van der Waals surface area contributed by atoms with Crippen molar-refractivity contribution in [3.05, 3.63) is 83.1 Å². The maximum absolute atomic E-state index is 13.3.